The van der Waals surface area contributed by atoms with Crippen molar-refractivity contribution in [2.45, 2.75) is 25.4 Å². The van der Waals surface area contributed by atoms with Gasteiger partial charge in [-0.25, -0.2) is 4.79 Å². The van der Waals surface area contributed by atoms with Gasteiger partial charge in [0.05, 0.1) is 0 Å². The van der Waals surface area contributed by atoms with E-state index in [1.54, 1.807) is 12.3 Å². The van der Waals surface area contributed by atoms with Crippen molar-refractivity contribution < 1.29 is 19.8 Å². The van der Waals surface area contributed by atoms with E-state index in [2.05, 4.69) is 10.3 Å². The summed E-state index contributed by atoms with van der Waals surface area (Å²) in [5.41, 5.74) is 0.832. The highest BCUT2D eigenvalue weighted by Crippen LogP contribution is 1.98. The van der Waals surface area contributed by atoms with Crippen LogP contribution in [-0.2, 0) is 16.0 Å². The predicted molar refractivity (Wildman–Crippen MR) is 63.8 cm³/mol. The smallest absolute Gasteiger partial charge is 0.332 e. The summed E-state index contributed by atoms with van der Waals surface area (Å²) in [6.45, 7) is 0.147. The summed E-state index contributed by atoms with van der Waals surface area (Å²) in [4.78, 5) is 25.8. The van der Waals surface area contributed by atoms with Crippen LogP contribution in [0.3, 0.4) is 0 Å². The summed E-state index contributed by atoms with van der Waals surface area (Å²) in [6, 6.07) is 5.49. The van der Waals surface area contributed by atoms with Crippen LogP contribution < -0.4 is 5.32 Å². The molecular weight excluding hydrogens is 236 g/mol. The normalized spacial score (nSPS) is 11.8. The van der Waals surface area contributed by atoms with Crippen LogP contribution in [0, 0.1) is 0 Å². The molecule has 1 amide bonds. The Morgan fingerprint density at radius 1 is 1.39 bits per heavy atom. The molecule has 0 saturated heterocycles. The van der Waals surface area contributed by atoms with Gasteiger partial charge in [0.2, 0.25) is 5.91 Å². The number of carbonyl (C=O) groups is 2. The van der Waals surface area contributed by atoms with E-state index in [0.717, 1.165) is 5.69 Å². The lowest BCUT2D eigenvalue weighted by molar-refractivity contribution is -0.147. The Morgan fingerprint density at radius 2 is 2.17 bits per heavy atom. The fourth-order valence-electron chi connectivity index (χ4n) is 1.35. The zero-order valence-corrected chi connectivity index (χ0v) is 9.87. The third kappa shape index (κ3) is 5.40. The average Bonchev–Trinajstić information content (AvgIpc) is 2.37. The Hall–Kier alpha value is -1.95. The van der Waals surface area contributed by atoms with Crippen molar-refractivity contribution >= 4 is 11.9 Å². The molecule has 1 atom stereocenters. The highest BCUT2D eigenvalue weighted by molar-refractivity contribution is 5.76. The predicted octanol–water partition coefficient (Wildman–Crippen LogP) is -0.0340. The topological polar surface area (TPSA) is 99.5 Å². The second-order valence-corrected chi connectivity index (χ2v) is 3.81. The Morgan fingerprint density at radius 3 is 2.78 bits per heavy atom. The van der Waals surface area contributed by atoms with Gasteiger partial charge in [-0.05, 0) is 18.6 Å². The number of carboxylic acid groups (broad SMARTS) is 1. The summed E-state index contributed by atoms with van der Waals surface area (Å²) in [7, 11) is 0. The lowest BCUT2D eigenvalue weighted by Crippen LogP contribution is -2.30. The van der Waals surface area contributed by atoms with Gasteiger partial charge in [-0.3, -0.25) is 9.78 Å². The van der Waals surface area contributed by atoms with E-state index >= 15 is 0 Å². The van der Waals surface area contributed by atoms with Crippen LogP contribution in [0.5, 0.6) is 0 Å². The van der Waals surface area contributed by atoms with E-state index in [9.17, 15) is 9.59 Å². The van der Waals surface area contributed by atoms with Crippen molar-refractivity contribution in [3.63, 3.8) is 0 Å². The molecule has 0 bridgehead atoms. The van der Waals surface area contributed by atoms with Gasteiger partial charge in [-0.1, -0.05) is 6.07 Å². The molecule has 0 aliphatic heterocycles. The molecule has 0 saturated carbocycles. The minimum Gasteiger partial charge on any atom is -0.479 e. The molecule has 0 aliphatic carbocycles. The largest absolute Gasteiger partial charge is 0.479 e. The highest BCUT2D eigenvalue weighted by Gasteiger charge is 2.12. The number of nitrogens with zero attached hydrogens (tertiary/aromatic N) is 1. The number of carbonyl (C=O) groups excluding carboxylic acids is 1. The zero-order valence-electron chi connectivity index (χ0n) is 9.87. The third-order valence-electron chi connectivity index (χ3n) is 2.36. The maximum Gasteiger partial charge on any atom is 0.332 e. The van der Waals surface area contributed by atoms with Crippen molar-refractivity contribution in [2.75, 3.05) is 6.54 Å². The molecule has 0 fully saturated rings. The van der Waals surface area contributed by atoms with E-state index < -0.39 is 12.1 Å². The number of amides is 1. The van der Waals surface area contributed by atoms with Crippen molar-refractivity contribution in [1.29, 1.82) is 0 Å². The summed E-state index contributed by atoms with van der Waals surface area (Å²) in [6.07, 6.45) is 1.07. The molecule has 6 nitrogen and oxygen atoms in total. The first-order valence-electron chi connectivity index (χ1n) is 5.67. The maximum absolute atomic E-state index is 11.4. The van der Waals surface area contributed by atoms with E-state index in [-0.39, 0.29) is 18.9 Å². The Balaban J connectivity index is 2.17. The first kappa shape index (κ1) is 14.1. The molecule has 3 N–H and O–H groups in total. The number of aliphatic hydroxyl groups excluding tert-OH is 1. The Labute approximate surface area is 105 Å². The molecule has 18 heavy (non-hydrogen) atoms. The summed E-state index contributed by atoms with van der Waals surface area (Å²) < 4.78 is 0. The maximum atomic E-state index is 11.4. The fraction of sp³-hybridized carbons (Fsp3) is 0.417. The molecule has 1 aromatic heterocycles. The van der Waals surface area contributed by atoms with Crippen molar-refractivity contribution in [3.05, 3.63) is 30.1 Å². The number of hydrogen-bond donors (Lipinski definition) is 3. The zero-order chi connectivity index (χ0) is 13.4. The molecule has 0 spiro atoms. The van der Waals surface area contributed by atoms with Crippen LogP contribution in [0.2, 0.25) is 0 Å². The first-order chi connectivity index (χ1) is 8.59. The second kappa shape index (κ2) is 7.39. The number of rotatable bonds is 7. The van der Waals surface area contributed by atoms with Gasteiger partial charge in [0.25, 0.3) is 0 Å². The number of aryl methyl sites for hydroxylation is 1. The van der Waals surface area contributed by atoms with Gasteiger partial charge < -0.3 is 15.5 Å². The van der Waals surface area contributed by atoms with Crippen LogP contribution in [0.15, 0.2) is 24.4 Å². The summed E-state index contributed by atoms with van der Waals surface area (Å²) >= 11 is 0. The Bertz CT molecular complexity index is 394. The molecule has 1 heterocycles. The van der Waals surface area contributed by atoms with Gasteiger partial charge in [0.1, 0.15) is 0 Å². The van der Waals surface area contributed by atoms with Crippen molar-refractivity contribution in [1.82, 2.24) is 10.3 Å². The fourth-order valence-corrected chi connectivity index (χ4v) is 1.35. The molecule has 98 valence electrons. The lowest BCUT2D eigenvalue weighted by Gasteiger charge is -2.07. The SMILES string of the molecule is O=C(CCc1ccccn1)NCC[C@H](O)C(=O)O. The van der Waals surface area contributed by atoms with Gasteiger partial charge in [0, 0.05) is 31.3 Å². The van der Waals surface area contributed by atoms with Crippen LogP contribution in [0.25, 0.3) is 0 Å². The quantitative estimate of drug-likeness (QED) is 0.632. The van der Waals surface area contributed by atoms with Crippen LogP contribution in [0.4, 0.5) is 0 Å². The minimum atomic E-state index is -1.43. The number of pyridine rings is 1. The lowest BCUT2D eigenvalue weighted by atomic mass is 10.2. The molecular formula is C12H16N2O4. The minimum absolute atomic E-state index is 0.00462. The number of carboxylic acids is 1. The van der Waals surface area contributed by atoms with E-state index in [1.807, 2.05) is 12.1 Å². The summed E-state index contributed by atoms with van der Waals surface area (Å²) in [5.74, 6) is -1.46. The number of hydrogen-bond acceptors (Lipinski definition) is 4. The van der Waals surface area contributed by atoms with Gasteiger partial charge >= 0.3 is 5.97 Å². The van der Waals surface area contributed by atoms with Crippen molar-refractivity contribution in [3.8, 4) is 0 Å². The molecule has 0 aliphatic rings. The van der Waals surface area contributed by atoms with Crippen LogP contribution >= 0.6 is 0 Å². The molecule has 1 aromatic rings. The second-order valence-electron chi connectivity index (χ2n) is 3.81. The van der Waals surface area contributed by atoms with E-state index in [4.69, 9.17) is 10.2 Å². The third-order valence-corrected chi connectivity index (χ3v) is 2.36. The average molecular weight is 252 g/mol. The van der Waals surface area contributed by atoms with Crippen LogP contribution in [0.1, 0.15) is 18.5 Å². The van der Waals surface area contributed by atoms with E-state index in [0.29, 0.717) is 12.8 Å². The number of nitrogens with one attached hydrogen (secondary N) is 1. The highest BCUT2D eigenvalue weighted by atomic mass is 16.4. The molecule has 0 aromatic carbocycles. The molecule has 1 rings (SSSR count). The molecule has 0 unspecified atom stereocenters. The van der Waals surface area contributed by atoms with Gasteiger partial charge in [0.15, 0.2) is 6.10 Å². The Kier molecular flexibility index (Phi) is 5.79. The standard InChI is InChI=1S/C12H16N2O4/c15-10(12(17)18)6-8-14-11(16)5-4-9-3-1-2-7-13-9/h1-3,7,10,15H,4-6,8H2,(H,14,16)(H,17,18)/t10-/m0/s1. The number of aliphatic hydroxyl groups is 1. The molecule has 0 radical (unpaired) electrons. The monoisotopic (exact) mass is 252 g/mol. The van der Waals surface area contributed by atoms with Crippen LogP contribution in [-0.4, -0.2) is 39.7 Å². The molecule has 6 heteroatoms. The van der Waals surface area contributed by atoms with E-state index in [1.165, 1.54) is 0 Å². The van der Waals surface area contributed by atoms with Gasteiger partial charge in [-0.2, -0.15) is 0 Å². The first-order valence-corrected chi connectivity index (χ1v) is 5.67. The van der Waals surface area contributed by atoms with Gasteiger partial charge in [-0.15, -0.1) is 0 Å². The number of aromatic nitrogens is 1. The number of aliphatic carboxylic acids is 1. The summed E-state index contributed by atoms with van der Waals surface area (Å²) in [5, 5.41) is 20.0. The van der Waals surface area contributed by atoms with Crippen molar-refractivity contribution in [2.24, 2.45) is 0 Å².